The molecule has 0 saturated heterocycles. The van der Waals surface area contributed by atoms with Crippen LogP contribution in [-0.4, -0.2) is 37.9 Å². The molecule has 1 aromatic heterocycles. The Bertz CT molecular complexity index is 507. The highest BCUT2D eigenvalue weighted by molar-refractivity contribution is 5.97. The minimum atomic E-state index is -0.458. The Morgan fingerprint density at radius 1 is 1.52 bits per heavy atom. The molecule has 2 N–H and O–H groups in total. The highest BCUT2D eigenvalue weighted by atomic mass is 16.7. The van der Waals surface area contributed by atoms with Crippen molar-refractivity contribution in [2.45, 2.75) is 12.8 Å². The van der Waals surface area contributed by atoms with Gasteiger partial charge in [0, 0.05) is 39.4 Å². The zero-order valence-corrected chi connectivity index (χ0v) is 12.0. The summed E-state index contributed by atoms with van der Waals surface area (Å²) in [6.07, 6.45) is 4.19. The number of amides is 1. The van der Waals surface area contributed by atoms with E-state index in [4.69, 9.17) is 14.7 Å². The lowest BCUT2D eigenvalue weighted by Crippen LogP contribution is -2.29. The van der Waals surface area contributed by atoms with Crippen LogP contribution in [0, 0.1) is 11.3 Å². The van der Waals surface area contributed by atoms with Gasteiger partial charge in [0.05, 0.1) is 6.54 Å². The molecule has 0 bridgehead atoms. The van der Waals surface area contributed by atoms with E-state index in [1.54, 1.807) is 18.5 Å². The number of aromatic nitrogens is 1. The summed E-state index contributed by atoms with van der Waals surface area (Å²) in [6, 6.07) is 5.45. The van der Waals surface area contributed by atoms with Crippen molar-refractivity contribution >= 4 is 5.91 Å². The second kappa shape index (κ2) is 9.47. The lowest BCUT2D eigenvalue weighted by atomic mass is 10.2. The molecule has 21 heavy (non-hydrogen) atoms. The second-order valence-corrected chi connectivity index (χ2v) is 4.02. The number of hydrogen-bond acceptors (Lipinski definition) is 6. The maximum atomic E-state index is 11.8. The Balaban J connectivity index is 2.47. The Hall–Kier alpha value is -2.43. The molecule has 0 aliphatic carbocycles. The van der Waals surface area contributed by atoms with Gasteiger partial charge in [-0.15, -0.1) is 0 Å². The lowest BCUT2D eigenvalue weighted by molar-refractivity contribution is -0.117. The summed E-state index contributed by atoms with van der Waals surface area (Å²) in [4.78, 5) is 15.8. The fourth-order valence-corrected chi connectivity index (χ4v) is 1.45. The summed E-state index contributed by atoms with van der Waals surface area (Å²) >= 11 is 0. The van der Waals surface area contributed by atoms with E-state index in [2.05, 4.69) is 15.6 Å². The fraction of sp³-hybridized carbons (Fsp3) is 0.357. The van der Waals surface area contributed by atoms with Gasteiger partial charge < -0.3 is 20.1 Å². The average Bonchev–Trinajstić information content (AvgIpc) is 2.54. The molecule has 0 unspecified atom stereocenters. The summed E-state index contributed by atoms with van der Waals surface area (Å²) in [5, 5.41) is 14.4. The largest absolute Gasteiger partial charge is 0.385 e. The topological polar surface area (TPSA) is 96.3 Å². The van der Waals surface area contributed by atoms with Gasteiger partial charge in [0.25, 0.3) is 5.91 Å². The molecule has 1 heterocycles. The standard InChI is InChI=1S/C14H18N4O3/c1-20-13(21-2)10-17-9-12(6-15)14(19)18-8-11-4-3-5-16-7-11/h3-5,7,9,13,17H,8,10H2,1-2H3,(H,18,19)/b12-9-. The van der Waals surface area contributed by atoms with Crippen molar-refractivity contribution in [1.82, 2.24) is 15.6 Å². The number of carbonyl (C=O) groups excluding carboxylic acids is 1. The molecule has 0 atom stereocenters. The number of pyridine rings is 1. The minimum absolute atomic E-state index is 0.0233. The number of ether oxygens (including phenoxy) is 2. The maximum absolute atomic E-state index is 11.8. The third-order valence-corrected chi connectivity index (χ3v) is 2.60. The third kappa shape index (κ3) is 6.03. The van der Waals surface area contributed by atoms with E-state index in [1.165, 1.54) is 20.4 Å². The second-order valence-electron chi connectivity index (χ2n) is 4.02. The fourth-order valence-electron chi connectivity index (χ4n) is 1.45. The quantitative estimate of drug-likeness (QED) is 0.406. The number of rotatable bonds is 8. The number of carbonyl (C=O) groups is 1. The van der Waals surface area contributed by atoms with E-state index in [1.807, 2.05) is 12.1 Å². The van der Waals surface area contributed by atoms with Crippen LogP contribution < -0.4 is 10.6 Å². The van der Waals surface area contributed by atoms with Gasteiger partial charge in [-0.1, -0.05) is 6.07 Å². The minimum Gasteiger partial charge on any atom is -0.385 e. The van der Waals surface area contributed by atoms with Crippen LogP contribution in [0.5, 0.6) is 0 Å². The van der Waals surface area contributed by atoms with Gasteiger partial charge in [0.2, 0.25) is 0 Å². The maximum Gasteiger partial charge on any atom is 0.263 e. The van der Waals surface area contributed by atoms with Crippen LogP contribution in [0.2, 0.25) is 0 Å². The van der Waals surface area contributed by atoms with Crippen molar-refractivity contribution in [2.75, 3.05) is 20.8 Å². The summed E-state index contributed by atoms with van der Waals surface area (Å²) in [5.74, 6) is -0.458. The van der Waals surface area contributed by atoms with Crippen LogP contribution in [0.1, 0.15) is 5.56 Å². The summed E-state index contributed by atoms with van der Waals surface area (Å²) < 4.78 is 9.95. The third-order valence-electron chi connectivity index (χ3n) is 2.60. The van der Waals surface area contributed by atoms with Crippen molar-refractivity contribution in [3.05, 3.63) is 41.9 Å². The van der Waals surface area contributed by atoms with E-state index in [9.17, 15) is 4.79 Å². The van der Waals surface area contributed by atoms with Crippen molar-refractivity contribution in [3.63, 3.8) is 0 Å². The molecular formula is C14H18N4O3. The zero-order chi connectivity index (χ0) is 15.5. The van der Waals surface area contributed by atoms with Gasteiger partial charge >= 0.3 is 0 Å². The van der Waals surface area contributed by atoms with Crippen molar-refractivity contribution in [1.29, 1.82) is 5.26 Å². The predicted molar refractivity (Wildman–Crippen MR) is 75.6 cm³/mol. The van der Waals surface area contributed by atoms with E-state index in [0.717, 1.165) is 5.56 Å². The van der Waals surface area contributed by atoms with Crippen molar-refractivity contribution in [2.24, 2.45) is 0 Å². The molecule has 112 valence electrons. The predicted octanol–water partition coefficient (Wildman–Crippen LogP) is 0.314. The Morgan fingerprint density at radius 2 is 2.29 bits per heavy atom. The molecule has 7 heteroatoms. The van der Waals surface area contributed by atoms with Crippen LogP contribution in [0.25, 0.3) is 0 Å². The van der Waals surface area contributed by atoms with Gasteiger partial charge in [-0.2, -0.15) is 5.26 Å². The zero-order valence-electron chi connectivity index (χ0n) is 12.0. The molecule has 0 aliphatic heterocycles. The Morgan fingerprint density at radius 3 is 2.86 bits per heavy atom. The monoisotopic (exact) mass is 290 g/mol. The van der Waals surface area contributed by atoms with Gasteiger partial charge in [0.1, 0.15) is 11.6 Å². The summed E-state index contributed by atoms with van der Waals surface area (Å²) in [7, 11) is 3.01. The molecule has 0 radical (unpaired) electrons. The van der Waals surface area contributed by atoms with Crippen molar-refractivity contribution < 1.29 is 14.3 Å². The molecule has 0 fully saturated rings. The number of nitrogens with one attached hydrogen (secondary N) is 2. The molecule has 1 amide bonds. The van der Waals surface area contributed by atoms with Crippen LogP contribution in [0.3, 0.4) is 0 Å². The number of nitrogens with zero attached hydrogens (tertiary/aromatic N) is 2. The molecule has 0 spiro atoms. The van der Waals surface area contributed by atoms with E-state index in [0.29, 0.717) is 13.1 Å². The molecular weight excluding hydrogens is 272 g/mol. The van der Waals surface area contributed by atoms with E-state index in [-0.39, 0.29) is 5.57 Å². The Kier molecular flexibility index (Phi) is 7.50. The van der Waals surface area contributed by atoms with Crippen LogP contribution in [-0.2, 0) is 20.8 Å². The Labute approximate surface area is 123 Å². The first-order valence-corrected chi connectivity index (χ1v) is 6.27. The first-order valence-electron chi connectivity index (χ1n) is 6.27. The molecule has 0 aliphatic rings. The van der Waals surface area contributed by atoms with Gasteiger partial charge in [0.15, 0.2) is 6.29 Å². The first-order chi connectivity index (χ1) is 10.2. The number of hydrogen-bond donors (Lipinski definition) is 2. The normalized spacial score (nSPS) is 11.0. The van der Waals surface area contributed by atoms with Gasteiger partial charge in [-0.05, 0) is 11.6 Å². The average molecular weight is 290 g/mol. The van der Waals surface area contributed by atoms with Crippen LogP contribution in [0.4, 0.5) is 0 Å². The van der Waals surface area contributed by atoms with Gasteiger partial charge in [-0.3, -0.25) is 9.78 Å². The SMILES string of the molecule is COC(CN/C=C(/C#N)C(=O)NCc1cccnc1)OC. The van der Waals surface area contributed by atoms with Crippen LogP contribution in [0.15, 0.2) is 36.3 Å². The smallest absolute Gasteiger partial charge is 0.263 e. The molecule has 0 aromatic carbocycles. The molecule has 7 nitrogen and oxygen atoms in total. The molecule has 1 aromatic rings. The number of nitriles is 1. The van der Waals surface area contributed by atoms with Crippen molar-refractivity contribution in [3.8, 4) is 6.07 Å². The first kappa shape index (κ1) is 16.6. The van der Waals surface area contributed by atoms with Crippen LogP contribution >= 0.6 is 0 Å². The van der Waals surface area contributed by atoms with Gasteiger partial charge in [-0.25, -0.2) is 0 Å². The molecule has 0 saturated carbocycles. The summed E-state index contributed by atoms with van der Waals surface area (Å²) in [6.45, 7) is 0.637. The number of methoxy groups -OCH3 is 2. The molecule has 1 rings (SSSR count). The highest BCUT2D eigenvalue weighted by Gasteiger charge is 2.09. The summed E-state index contributed by atoms with van der Waals surface area (Å²) in [5.41, 5.74) is 0.833. The van der Waals surface area contributed by atoms with E-state index >= 15 is 0 Å². The highest BCUT2D eigenvalue weighted by Crippen LogP contribution is 1.97. The van der Waals surface area contributed by atoms with E-state index < -0.39 is 12.2 Å². The lowest BCUT2D eigenvalue weighted by Gasteiger charge is -2.12.